The number of hydrogen-bond donors (Lipinski definition) is 2. The summed E-state index contributed by atoms with van der Waals surface area (Å²) >= 11 is 1.68. The second kappa shape index (κ2) is 10.5. The van der Waals surface area contributed by atoms with Crippen LogP contribution < -0.4 is 15.4 Å². The van der Waals surface area contributed by atoms with E-state index in [-0.39, 0.29) is 11.9 Å². The van der Waals surface area contributed by atoms with Crippen LogP contribution in [0, 0.1) is 13.8 Å². The smallest absolute Gasteiger partial charge is 0.256 e. The van der Waals surface area contributed by atoms with Crippen LogP contribution in [0.15, 0.2) is 60.7 Å². The Kier molecular flexibility index (Phi) is 7.00. The van der Waals surface area contributed by atoms with Crippen LogP contribution in [0.3, 0.4) is 0 Å². The van der Waals surface area contributed by atoms with Gasteiger partial charge in [0.2, 0.25) is 5.95 Å². The van der Waals surface area contributed by atoms with Gasteiger partial charge < -0.3 is 15.4 Å². The standard InChI is InChI=1S/C29H30N4O2S/c1-18-17-19(2)31-29(30-18)32-26(21-13-7-9-15-23(21)35-3)25-22-14-8-10-16-24(22)36-28(25)33-27(34)20-11-5-4-6-12-20/h4-7,9,11-13,15,17,26H,8,10,14,16H2,1-3H3,(H,33,34)(H,30,31,32)/t26-/m1/s1. The zero-order valence-electron chi connectivity index (χ0n) is 20.8. The second-order valence-electron chi connectivity index (χ2n) is 9.07. The van der Waals surface area contributed by atoms with Gasteiger partial charge in [0.15, 0.2) is 0 Å². The molecular weight excluding hydrogens is 468 g/mol. The van der Waals surface area contributed by atoms with Crippen LogP contribution in [0.25, 0.3) is 0 Å². The molecule has 0 fully saturated rings. The molecule has 0 unspecified atom stereocenters. The molecule has 0 bridgehead atoms. The van der Waals surface area contributed by atoms with Crippen molar-refractivity contribution in [3.63, 3.8) is 0 Å². The fourth-order valence-corrected chi connectivity index (χ4v) is 6.21. The minimum atomic E-state index is -0.300. The van der Waals surface area contributed by atoms with Gasteiger partial charge in [0.25, 0.3) is 5.91 Å². The molecule has 0 saturated carbocycles. The molecule has 0 saturated heterocycles. The summed E-state index contributed by atoms with van der Waals surface area (Å²) in [6, 6.07) is 19.0. The van der Waals surface area contributed by atoms with E-state index in [0.29, 0.717) is 11.5 Å². The number of hydrogen-bond acceptors (Lipinski definition) is 6. The molecule has 0 spiro atoms. The predicted molar refractivity (Wildman–Crippen MR) is 145 cm³/mol. The number of carbonyl (C=O) groups excluding carboxylic acids is 1. The Balaban J connectivity index is 1.65. The van der Waals surface area contributed by atoms with Crippen molar-refractivity contribution in [3.8, 4) is 5.75 Å². The van der Waals surface area contributed by atoms with Gasteiger partial charge in [-0.2, -0.15) is 0 Å². The highest BCUT2D eigenvalue weighted by Crippen LogP contribution is 2.46. The molecule has 6 nitrogen and oxygen atoms in total. The molecule has 1 amide bonds. The normalized spacial score (nSPS) is 13.5. The van der Waals surface area contributed by atoms with E-state index in [0.717, 1.165) is 58.9 Å². The lowest BCUT2D eigenvalue weighted by atomic mass is 9.89. The van der Waals surface area contributed by atoms with Crippen molar-refractivity contribution in [2.75, 3.05) is 17.7 Å². The van der Waals surface area contributed by atoms with Crippen LogP contribution in [0.5, 0.6) is 5.75 Å². The Morgan fingerprint density at radius 1 is 0.972 bits per heavy atom. The molecule has 1 atom stereocenters. The van der Waals surface area contributed by atoms with Crippen LogP contribution in [-0.4, -0.2) is 23.0 Å². The molecule has 2 heterocycles. The van der Waals surface area contributed by atoms with Gasteiger partial charge in [-0.1, -0.05) is 36.4 Å². The molecule has 184 valence electrons. The molecule has 7 heteroatoms. The highest BCUT2D eigenvalue weighted by molar-refractivity contribution is 7.16. The van der Waals surface area contributed by atoms with E-state index in [1.165, 1.54) is 10.4 Å². The Morgan fingerprint density at radius 2 is 1.67 bits per heavy atom. The van der Waals surface area contributed by atoms with Crippen molar-refractivity contribution < 1.29 is 9.53 Å². The van der Waals surface area contributed by atoms with Gasteiger partial charge in [0, 0.05) is 33.0 Å². The Bertz CT molecular complexity index is 1360. The molecule has 5 rings (SSSR count). The van der Waals surface area contributed by atoms with Crippen LogP contribution in [0.2, 0.25) is 0 Å². The minimum absolute atomic E-state index is 0.114. The van der Waals surface area contributed by atoms with Crippen molar-refractivity contribution >= 4 is 28.2 Å². The summed E-state index contributed by atoms with van der Waals surface area (Å²) in [4.78, 5) is 23.9. The SMILES string of the molecule is COc1ccccc1[C@@H](Nc1nc(C)cc(C)n1)c1c(NC(=O)c2ccccc2)sc2c1CCCC2. The quantitative estimate of drug-likeness (QED) is 0.304. The number of nitrogens with one attached hydrogen (secondary N) is 2. The number of thiophene rings is 1. The molecule has 2 aromatic heterocycles. The third kappa shape index (κ3) is 4.97. The molecule has 0 radical (unpaired) electrons. The van der Waals surface area contributed by atoms with Crippen LogP contribution in [0.1, 0.15) is 62.2 Å². The summed E-state index contributed by atoms with van der Waals surface area (Å²) < 4.78 is 5.78. The first kappa shape index (κ1) is 24.0. The van der Waals surface area contributed by atoms with E-state index in [2.05, 4.69) is 26.7 Å². The number of benzene rings is 2. The number of carbonyl (C=O) groups is 1. The number of rotatable bonds is 7. The van der Waals surface area contributed by atoms with Gasteiger partial charge in [-0.3, -0.25) is 4.79 Å². The third-order valence-corrected chi connectivity index (χ3v) is 7.69. The topological polar surface area (TPSA) is 76.1 Å². The second-order valence-corrected chi connectivity index (χ2v) is 10.2. The number of para-hydroxylation sites is 1. The van der Waals surface area contributed by atoms with E-state index in [4.69, 9.17) is 4.74 Å². The van der Waals surface area contributed by atoms with Gasteiger partial charge in [0.1, 0.15) is 10.8 Å². The zero-order valence-corrected chi connectivity index (χ0v) is 21.6. The van der Waals surface area contributed by atoms with Crippen molar-refractivity contribution in [1.82, 2.24) is 9.97 Å². The lowest BCUT2D eigenvalue weighted by molar-refractivity contribution is 0.102. The minimum Gasteiger partial charge on any atom is -0.496 e. The number of fused-ring (bicyclic) bond motifs is 1. The summed E-state index contributed by atoms with van der Waals surface area (Å²) in [5, 5.41) is 7.71. The van der Waals surface area contributed by atoms with Gasteiger partial charge >= 0.3 is 0 Å². The summed E-state index contributed by atoms with van der Waals surface area (Å²) in [5.74, 6) is 1.21. The number of amides is 1. The van der Waals surface area contributed by atoms with E-state index in [1.807, 2.05) is 68.4 Å². The highest BCUT2D eigenvalue weighted by atomic mass is 32.1. The molecule has 2 aromatic carbocycles. The number of ether oxygens (including phenoxy) is 1. The van der Waals surface area contributed by atoms with Crippen molar-refractivity contribution in [2.24, 2.45) is 0 Å². The average Bonchev–Trinajstić information content (AvgIpc) is 3.24. The van der Waals surface area contributed by atoms with Crippen molar-refractivity contribution in [3.05, 3.63) is 99.2 Å². The monoisotopic (exact) mass is 498 g/mol. The molecule has 36 heavy (non-hydrogen) atoms. The number of nitrogens with zero attached hydrogens (tertiary/aromatic N) is 2. The zero-order chi connectivity index (χ0) is 25.1. The van der Waals surface area contributed by atoms with Crippen LogP contribution >= 0.6 is 11.3 Å². The molecular formula is C29H30N4O2S. The first-order chi connectivity index (χ1) is 17.5. The van der Waals surface area contributed by atoms with Gasteiger partial charge in [-0.05, 0) is 69.4 Å². The van der Waals surface area contributed by atoms with Gasteiger partial charge in [-0.25, -0.2) is 9.97 Å². The van der Waals surface area contributed by atoms with E-state index >= 15 is 0 Å². The molecule has 2 N–H and O–H groups in total. The van der Waals surface area contributed by atoms with Crippen molar-refractivity contribution in [2.45, 2.75) is 45.6 Å². The van der Waals surface area contributed by atoms with Crippen LogP contribution in [0.4, 0.5) is 10.9 Å². The van der Waals surface area contributed by atoms with E-state index in [9.17, 15) is 4.79 Å². The largest absolute Gasteiger partial charge is 0.496 e. The fourth-order valence-electron chi connectivity index (χ4n) is 4.88. The Morgan fingerprint density at radius 3 is 2.42 bits per heavy atom. The highest BCUT2D eigenvalue weighted by Gasteiger charge is 2.30. The Hall–Kier alpha value is -3.71. The third-order valence-electron chi connectivity index (χ3n) is 6.47. The van der Waals surface area contributed by atoms with E-state index in [1.54, 1.807) is 18.4 Å². The summed E-state index contributed by atoms with van der Waals surface area (Å²) in [6.45, 7) is 3.94. The summed E-state index contributed by atoms with van der Waals surface area (Å²) in [6.07, 6.45) is 4.28. The van der Waals surface area contributed by atoms with E-state index < -0.39 is 0 Å². The number of aromatic nitrogens is 2. The number of aryl methyl sites for hydroxylation is 3. The van der Waals surface area contributed by atoms with Crippen molar-refractivity contribution in [1.29, 1.82) is 0 Å². The molecule has 1 aliphatic rings. The maximum atomic E-state index is 13.2. The number of methoxy groups -OCH3 is 1. The first-order valence-corrected chi connectivity index (χ1v) is 13.1. The lowest BCUT2D eigenvalue weighted by Gasteiger charge is -2.25. The van der Waals surface area contributed by atoms with Gasteiger partial charge in [-0.15, -0.1) is 11.3 Å². The maximum Gasteiger partial charge on any atom is 0.256 e. The van der Waals surface area contributed by atoms with Gasteiger partial charge in [0.05, 0.1) is 13.2 Å². The summed E-state index contributed by atoms with van der Waals surface area (Å²) in [5.41, 5.74) is 5.79. The fraction of sp³-hybridized carbons (Fsp3) is 0.276. The molecule has 4 aromatic rings. The first-order valence-electron chi connectivity index (χ1n) is 12.3. The molecule has 0 aliphatic heterocycles. The number of anilines is 2. The Labute approximate surface area is 215 Å². The summed E-state index contributed by atoms with van der Waals surface area (Å²) in [7, 11) is 1.68. The lowest BCUT2D eigenvalue weighted by Crippen LogP contribution is -2.20. The molecule has 1 aliphatic carbocycles. The predicted octanol–water partition coefficient (Wildman–Crippen LogP) is 6.50. The van der Waals surface area contributed by atoms with Crippen LogP contribution in [-0.2, 0) is 12.8 Å². The maximum absolute atomic E-state index is 13.2. The average molecular weight is 499 g/mol.